The Morgan fingerprint density at radius 2 is 2.04 bits per heavy atom. The lowest BCUT2D eigenvalue weighted by Gasteiger charge is -2.36. The predicted octanol–water partition coefficient (Wildman–Crippen LogP) is 3.70. The molecule has 1 saturated heterocycles. The number of hydrogen-bond donors (Lipinski definition) is 1. The Morgan fingerprint density at radius 1 is 1.25 bits per heavy atom. The van der Waals surface area contributed by atoms with Crippen molar-refractivity contribution in [2.45, 2.75) is 32.9 Å². The first-order valence-corrected chi connectivity index (χ1v) is 10.7. The number of piperazine rings is 1. The van der Waals surface area contributed by atoms with Crippen molar-refractivity contribution < 1.29 is 0 Å². The summed E-state index contributed by atoms with van der Waals surface area (Å²) in [7, 11) is 1.87. The number of nitrogens with zero attached hydrogens (tertiary/aromatic N) is 5. The van der Waals surface area contributed by atoms with E-state index in [0.717, 1.165) is 74.8 Å². The molecule has 0 aromatic carbocycles. The van der Waals surface area contributed by atoms with Crippen LogP contribution in [-0.4, -0.2) is 65.1 Å². The van der Waals surface area contributed by atoms with Crippen molar-refractivity contribution in [3.8, 4) is 0 Å². The minimum atomic E-state index is 0. The zero-order valence-corrected chi connectivity index (χ0v) is 20.5. The molecule has 3 rings (SSSR count). The zero-order chi connectivity index (χ0) is 19.1. The van der Waals surface area contributed by atoms with Crippen molar-refractivity contribution in [3.63, 3.8) is 0 Å². The van der Waals surface area contributed by atoms with Gasteiger partial charge in [0.2, 0.25) is 0 Å². The monoisotopic (exact) mass is 536 g/mol. The van der Waals surface area contributed by atoms with Gasteiger partial charge in [-0.3, -0.25) is 9.89 Å². The number of guanidine groups is 1. The molecule has 0 atom stereocenters. The number of aryl methyl sites for hydroxylation is 2. The number of nitrogens with one attached hydrogen (secondary N) is 1. The van der Waals surface area contributed by atoms with Gasteiger partial charge in [-0.05, 0) is 31.9 Å². The maximum Gasteiger partial charge on any atom is 0.193 e. The van der Waals surface area contributed by atoms with Crippen molar-refractivity contribution in [3.05, 3.63) is 39.6 Å². The van der Waals surface area contributed by atoms with E-state index >= 15 is 0 Å². The number of imidazole rings is 1. The summed E-state index contributed by atoms with van der Waals surface area (Å²) in [6.07, 6.45) is 6.17. The first-order valence-electron chi connectivity index (χ1n) is 9.55. The largest absolute Gasteiger partial charge is 0.356 e. The fourth-order valence-corrected chi connectivity index (χ4v) is 4.48. The molecule has 0 saturated carbocycles. The van der Waals surface area contributed by atoms with Crippen molar-refractivity contribution in [1.29, 1.82) is 0 Å². The standard InChI is InChI=1S/C19H29ClN6S.HI/c1-16-22-8-10-25(16)9-4-3-7-23-19(21-2)26-13-11-24(12-14-26)15-17-5-6-18(20)27-17;/h5-6,8,10H,3-4,7,9,11-15H2,1-2H3,(H,21,23);1H. The van der Waals surface area contributed by atoms with Gasteiger partial charge in [-0.2, -0.15) is 0 Å². The van der Waals surface area contributed by atoms with Crippen LogP contribution >= 0.6 is 46.9 Å². The minimum absolute atomic E-state index is 0. The number of aliphatic imine (C=N–C) groups is 1. The van der Waals surface area contributed by atoms with E-state index in [4.69, 9.17) is 11.6 Å². The molecule has 9 heteroatoms. The molecule has 1 N–H and O–H groups in total. The molecule has 6 nitrogen and oxygen atoms in total. The van der Waals surface area contributed by atoms with Crippen LogP contribution in [0.3, 0.4) is 0 Å². The van der Waals surface area contributed by atoms with Gasteiger partial charge < -0.3 is 14.8 Å². The third-order valence-corrected chi connectivity index (χ3v) is 6.14. The number of thiophene rings is 1. The maximum atomic E-state index is 6.03. The van der Waals surface area contributed by atoms with Gasteiger partial charge in [0.1, 0.15) is 5.82 Å². The molecule has 0 aliphatic carbocycles. The minimum Gasteiger partial charge on any atom is -0.356 e. The fourth-order valence-electron chi connectivity index (χ4n) is 3.35. The molecule has 0 bridgehead atoms. The lowest BCUT2D eigenvalue weighted by Crippen LogP contribution is -2.52. The first-order chi connectivity index (χ1) is 13.2. The van der Waals surface area contributed by atoms with E-state index in [-0.39, 0.29) is 24.0 Å². The third-order valence-electron chi connectivity index (χ3n) is 4.92. The molecule has 0 amide bonds. The number of unbranched alkanes of at least 4 members (excludes halogenated alkanes) is 1. The molecule has 0 spiro atoms. The topological polar surface area (TPSA) is 48.7 Å². The van der Waals surface area contributed by atoms with E-state index in [9.17, 15) is 0 Å². The Hall–Kier alpha value is -0.840. The van der Waals surface area contributed by atoms with Crippen LogP contribution in [0.15, 0.2) is 29.5 Å². The highest BCUT2D eigenvalue weighted by Crippen LogP contribution is 2.23. The molecular weight excluding hydrogens is 507 g/mol. The fraction of sp³-hybridized carbons (Fsp3) is 0.579. The van der Waals surface area contributed by atoms with Gasteiger partial charge >= 0.3 is 0 Å². The highest BCUT2D eigenvalue weighted by atomic mass is 127. The summed E-state index contributed by atoms with van der Waals surface area (Å²) in [4.78, 5) is 14.9. The molecular formula is C19H30ClIN6S. The predicted molar refractivity (Wildman–Crippen MR) is 129 cm³/mol. The van der Waals surface area contributed by atoms with E-state index in [0.29, 0.717) is 0 Å². The quantitative estimate of drug-likeness (QED) is 0.254. The number of rotatable bonds is 7. The highest BCUT2D eigenvalue weighted by Gasteiger charge is 2.19. The van der Waals surface area contributed by atoms with E-state index in [2.05, 4.69) is 35.7 Å². The Labute approximate surface area is 194 Å². The lowest BCUT2D eigenvalue weighted by atomic mass is 10.3. The molecule has 0 radical (unpaired) electrons. The molecule has 3 heterocycles. The second-order valence-corrected chi connectivity index (χ2v) is 8.62. The van der Waals surface area contributed by atoms with Gasteiger partial charge in [0.25, 0.3) is 0 Å². The number of halogens is 2. The molecule has 2 aromatic rings. The van der Waals surface area contributed by atoms with Gasteiger partial charge in [0, 0.05) is 70.1 Å². The highest BCUT2D eigenvalue weighted by molar-refractivity contribution is 14.0. The molecule has 0 unspecified atom stereocenters. The molecule has 156 valence electrons. The Bertz CT molecular complexity index is 738. The summed E-state index contributed by atoms with van der Waals surface area (Å²) in [5.74, 6) is 2.11. The van der Waals surface area contributed by atoms with E-state index in [1.807, 2.05) is 32.4 Å². The molecule has 2 aromatic heterocycles. The van der Waals surface area contributed by atoms with Gasteiger partial charge in [-0.25, -0.2) is 4.98 Å². The lowest BCUT2D eigenvalue weighted by molar-refractivity contribution is 0.173. The van der Waals surface area contributed by atoms with Crippen molar-refractivity contribution in [2.75, 3.05) is 39.8 Å². The third kappa shape index (κ3) is 6.89. The smallest absolute Gasteiger partial charge is 0.193 e. The van der Waals surface area contributed by atoms with Crippen LogP contribution in [0.5, 0.6) is 0 Å². The maximum absolute atomic E-state index is 6.03. The van der Waals surface area contributed by atoms with Crippen LogP contribution in [0.2, 0.25) is 4.34 Å². The van der Waals surface area contributed by atoms with Crippen LogP contribution in [0.1, 0.15) is 23.5 Å². The SMILES string of the molecule is CN=C(NCCCCn1ccnc1C)N1CCN(Cc2ccc(Cl)s2)CC1.I. The van der Waals surface area contributed by atoms with Crippen molar-refractivity contribution >= 4 is 52.9 Å². The second kappa shape index (κ2) is 12.0. The van der Waals surface area contributed by atoms with Gasteiger partial charge in [0.15, 0.2) is 5.96 Å². The summed E-state index contributed by atoms with van der Waals surface area (Å²) in [5.41, 5.74) is 0. The van der Waals surface area contributed by atoms with Crippen LogP contribution in [0.4, 0.5) is 0 Å². The van der Waals surface area contributed by atoms with Gasteiger partial charge in [0.05, 0.1) is 4.34 Å². The van der Waals surface area contributed by atoms with E-state index in [1.165, 1.54) is 4.88 Å². The molecule has 1 aliphatic heterocycles. The normalized spacial score (nSPS) is 15.5. The average molecular weight is 537 g/mol. The molecule has 28 heavy (non-hydrogen) atoms. The number of aromatic nitrogens is 2. The van der Waals surface area contributed by atoms with Crippen LogP contribution in [-0.2, 0) is 13.1 Å². The average Bonchev–Trinajstić information content (AvgIpc) is 3.27. The molecule has 1 aliphatic rings. The van der Waals surface area contributed by atoms with E-state index in [1.54, 1.807) is 11.3 Å². The van der Waals surface area contributed by atoms with Gasteiger partial charge in [-0.1, -0.05) is 11.6 Å². The van der Waals surface area contributed by atoms with Crippen molar-refractivity contribution in [2.24, 2.45) is 4.99 Å². The Morgan fingerprint density at radius 3 is 2.64 bits per heavy atom. The van der Waals surface area contributed by atoms with E-state index < -0.39 is 0 Å². The van der Waals surface area contributed by atoms with Gasteiger partial charge in [-0.15, -0.1) is 35.3 Å². The first kappa shape index (κ1) is 23.4. The number of hydrogen-bond acceptors (Lipinski definition) is 4. The van der Waals surface area contributed by atoms with Crippen LogP contribution in [0, 0.1) is 6.92 Å². The summed E-state index contributed by atoms with van der Waals surface area (Å²) in [6.45, 7) is 9.13. The summed E-state index contributed by atoms with van der Waals surface area (Å²) < 4.78 is 3.07. The Kier molecular flexibility index (Phi) is 10.0. The Balaban J connectivity index is 0.00000280. The molecule has 1 fully saturated rings. The summed E-state index contributed by atoms with van der Waals surface area (Å²) >= 11 is 7.71. The summed E-state index contributed by atoms with van der Waals surface area (Å²) in [6, 6.07) is 4.11. The van der Waals surface area contributed by atoms with Crippen LogP contribution < -0.4 is 5.32 Å². The summed E-state index contributed by atoms with van der Waals surface area (Å²) in [5, 5.41) is 3.52. The van der Waals surface area contributed by atoms with Crippen LogP contribution in [0.25, 0.3) is 0 Å². The second-order valence-electron chi connectivity index (χ2n) is 6.82. The zero-order valence-electron chi connectivity index (χ0n) is 16.6. The van der Waals surface area contributed by atoms with Crippen molar-refractivity contribution in [1.82, 2.24) is 24.7 Å².